The van der Waals surface area contributed by atoms with Crippen LogP contribution in [-0.4, -0.2) is 50.5 Å². The zero-order valence-electron chi connectivity index (χ0n) is 17.1. The third-order valence-corrected chi connectivity index (χ3v) is 5.73. The Kier molecular flexibility index (Phi) is 7.22. The third-order valence-electron chi connectivity index (χ3n) is 5.50. The van der Waals surface area contributed by atoms with Crippen LogP contribution in [0.4, 0.5) is 5.69 Å². The molecule has 0 saturated carbocycles. The molecule has 4 nitrogen and oxygen atoms in total. The summed E-state index contributed by atoms with van der Waals surface area (Å²) in [5.74, 6) is 1.33. The summed E-state index contributed by atoms with van der Waals surface area (Å²) in [6.07, 6.45) is -0.459. The number of hydrogen-bond acceptors (Lipinski definition) is 3. The Bertz CT molecular complexity index is 756. The van der Waals surface area contributed by atoms with Gasteiger partial charge in [0.1, 0.15) is 25.0 Å². The molecule has 0 spiro atoms. The number of nitrogens with zero attached hydrogens (tertiary/aromatic N) is 1. The SMILES string of the molecule is Cc1ccc(Cl)cc1N1CC[NH+](C[C@@H](O)COc2ccc(C(C)C)cc2)CC1. The average molecular weight is 404 g/mol. The van der Waals surface area contributed by atoms with E-state index in [1.165, 1.54) is 21.7 Å². The number of piperazine rings is 1. The van der Waals surface area contributed by atoms with E-state index in [9.17, 15) is 5.11 Å². The van der Waals surface area contributed by atoms with Gasteiger partial charge in [-0.3, -0.25) is 0 Å². The highest BCUT2D eigenvalue weighted by atomic mass is 35.5. The molecule has 1 aliphatic rings. The molecule has 3 rings (SSSR count). The van der Waals surface area contributed by atoms with E-state index in [4.69, 9.17) is 16.3 Å². The van der Waals surface area contributed by atoms with Crippen LogP contribution in [0.25, 0.3) is 0 Å². The summed E-state index contributed by atoms with van der Waals surface area (Å²) in [5.41, 5.74) is 3.77. The molecule has 1 heterocycles. The molecule has 1 fully saturated rings. The van der Waals surface area contributed by atoms with Gasteiger partial charge in [0, 0.05) is 10.7 Å². The number of aliphatic hydroxyl groups excluding tert-OH is 1. The lowest BCUT2D eigenvalue weighted by atomic mass is 10.0. The molecule has 0 radical (unpaired) electrons. The number of aliphatic hydroxyl groups is 1. The van der Waals surface area contributed by atoms with Crippen molar-refractivity contribution < 1.29 is 14.7 Å². The predicted molar refractivity (Wildman–Crippen MR) is 116 cm³/mol. The molecule has 0 bridgehead atoms. The largest absolute Gasteiger partial charge is 0.491 e. The Labute approximate surface area is 173 Å². The van der Waals surface area contributed by atoms with Crippen molar-refractivity contribution in [2.75, 3.05) is 44.2 Å². The van der Waals surface area contributed by atoms with Crippen molar-refractivity contribution in [3.05, 3.63) is 58.6 Å². The first-order valence-electron chi connectivity index (χ1n) is 10.2. The fourth-order valence-electron chi connectivity index (χ4n) is 3.72. The Morgan fingerprint density at radius 2 is 1.79 bits per heavy atom. The molecule has 0 aliphatic carbocycles. The van der Waals surface area contributed by atoms with Crippen molar-refractivity contribution in [3.8, 4) is 5.75 Å². The summed E-state index contributed by atoms with van der Waals surface area (Å²) in [6, 6.07) is 14.2. The first-order valence-corrected chi connectivity index (χ1v) is 10.6. The maximum absolute atomic E-state index is 10.4. The van der Waals surface area contributed by atoms with Gasteiger partial charge >= 0.3 is 0 Å². The topological polar surface area (TPSA) is 37.1 Å². The summed E-state index contributed by atoms with van der Waals surface area (Å²) in [5, 5.41) is 11.2. The van der Waals surface area contributed by atoms with E-state index in [0.29, 0.717) is 19.1 Å². The van der Waals surface area contributed by atoms with E-state index in [-0.39, 0.29) is 0 Å². The second kappa shape index (κ2) is 9.64. The lowest BCUT2D eigenvalue weighted by molar-refractivity contribution is -0.903. The van der Waals surface area contributed by atoms with Crippen molar-refractivity contribution in [1.82, 2.24) is 0 Å². The number of anilines is 1. The lowest BCUT2D eigenvalue weighted by Crippen LogP contribution is -3.16. The molecule has 1 aliphatic heterocycles. The minimum absolute atomic E-state index is 0.335. The minimum Gasteiger partial charge on any atom is -0.491 e. The van der Waals surface area contributed by atoms with Crippen molar-refractivity contribution in [3.63, 3.8) is 0 Å². The summed E-state index contributed by atoms with van der Waals surface area (Å²) in [4.78, 5) is 3.81. The molecule has 0 amide bonds. The van der Waals surface area contributed by atoms with E-state index < -0.39 is 6.10 Å². The van der Waals surface area contributed by atoms with Gasteiger partial charge in [-0.25, -0.2) is 0 Å². The Morgan fingerprint density at radius 3 is 2.43 bits per heavy atom. The van der Waals surface area contributed by atoms with Gasteiger partial charge in [-0.05, 0) is 48.2 Å². The fourth-order valence-corrected chi connectivity index (χ4v) is 3.89. The summed E-state index contributed by atoms with van der Waals surface area (Å²) < 4.78 is 5.77. The third kappa shape index (κ3) is 5.63. The first kappa shape index (κ1) is 21.0. The summed E-state index contributed by atoms with van der Waals surface area (Å²) in [7, 11) is 0. The number of hydrogen-bond donors (Lipinski definition) is 2. The number of rotatable bonds is 7. The van der Waals surface area contributed by atoms with Crippen LogP contribution in [0.2, 0.25) is 5.02 Å². The zero-order valence-corrected chi connectivity index (χ0v) is 17.9. The van der Waals surface area contributed by atoms with Crippen LogP contribution in [0, 0.1) is 6.92 Å². The van der Waals surface area contributed by atoms with E-state index in [1.807, 2.05) is 18.2 Å². The average Bonchev–Trinajstić information content (AvgIpc) is 2.69. The maximum Gasteiger partial charge on any atom is 0.137 e. The zero-order chi connectivity index (χ0) is 20.1. The van der Waals surface area contributed by atoms with Crippen LogP contribution in [0.15, 0.2) is 42.5 Å². The lowest BCUT2D eigenvalue weighted by Gasteiger charge is -2.35. The molecule has 0 unspecified atom stereocenters. The smallest absolute Gasteiger partial charge is 0.137 e. The predicted octanol–water partition coefficient (Wildman–Crippen LogP) is 2.92. The van der Waals surface area contributed by atoms with E-state index >= 15 is 0 Å². The quantitative estimate of drug-likeness (QED) is 0.746. The van der Waals surface area contributed by atoms with Gasteiger partial charge in [0.15, 0.2) is 0 Å². The Hall–Kier alpha value is -1.75. The van der Waals surface area contributed by atoms with Crippen LogP contribution in [-0.2, 0) is 0 Å². The van der Waals surface area contributed by atoms with Crippen LogP contribution >= 0.6 is 11.6 Å². The molecule has 5 heteroatoms. The van der Waals surface area contributed by atoms with Gasteiger partial charge in [-0.1, -0.05) is 43.6 Å². The molecular weight excluding hydrogens is 372 g/mol. The number of nitrogens with one attached hydrogen (secondary N) is 1. The molecule has 2 aromatic rings. The fraction of sp³-hybridized carbons (Fsp3) is 0.478. The highest BCUT2D eigenvalue weighted by Gasteiger charge is 2.23. The molecule has 2 aromatic carbocycles. The van der Waals surface area contributed by atoms with E-state index in [2.05, 4.69) is 49.9 Å². The second-order valence-corrected chi connectivity index (χ2v) is 8.50. The van der Waals surface area contributed by atoms with Gasteiger partial charge in [-0.15, -0.1) is 0 Å². The maximum atomic E-state index is 10.4. The highest BCUT2D eigenvalue weighted by molar-refractivity contribution is 6.30. The van der Waals surface area contributed by atoms with Gasteiger partial charge in [0.2, 0.25) is 0 Å². The van der Waals surface area contributed by atoms with Gasteiger partial charge in [0.25, 0.3) is 0 Å². The van der Waals surface area contributed by atoms with Crippen molar-refractivity contribution in [2.24, 2.45) is 0 Å². The highest BCUT2D eigenvalue weighted by Crippen LogP contribution is 2.24. The number of aryl methyl sites for hydroxylation is 1. The second-order valence-electron chi connectivity index (χ2n) is 8.06. The number of halogens is 1. The normalized spacial score (nSPS) is 16.4. The first-order chi connectivity index (χ1) is 13.4. The molecule has 28 heavy (non-hydrogen) atoms. The van der Waals surface area contributed by atoms with Crippen LogP contribution in [0.3, 0.4) is 0 Å². The van der Waals surface area contributed by atoms with Crippen LogP contribution < -0.4 is 14.5 Å². The molecule has 1 atom stereocenters. The monoisotopic (exact) mass is 403 g/mol. The number of quaternary nitrogens is 1. The molecule has 2 N–H and O–H groups in total. The summed E-state index contributed by atoms with van der Waals surface area (Å²) in [6.45, 7) is 11.5. The number of ether oxygens (including phenoxy) is 1. The standard InChI is InChI=1S/C23H31ClN2O2/c1-17(2)19-5-8-22(9-6-19)28-16-21(27)15-25-10-12-26(13-11-25)23-14-20(24)7-4-18(23)3/h4-9,14,17,21,27H,10-13,15-16H2,1-3H3/p+1/t21-/m1/s1. The molecule has 1 saturated heterocycles. The molecule has 152 valence electrons. The van der Waals surface area contributed by atoms with Gasteiger partial charge < -0.3 is 19.6 Å². The Morgan fingerprint density at radius 1 is 1.11 bits per heavy atom. The van der Waals surface area contributed by atoms with Crippen LogP contribution in [0.1, 0.15) is 30.9 Å². The van der Waals surface area contributed by atoms with Crippen molar-refractivity contribution in [1.29, 1.82) is 0 Å². The Balaban J connectivity index is 1.43. The van der Waals surface area contributed by atoms with Crippen LogP contribution in [0.5, 0.6) is 5.75 Å². The number of benzene rings is 2. The van der Waals surface area contributed by atoms with E-state index in [0.717, 1.165) is 37.0 Å². The summed E-state index contributed by atoms with van der Waals surface area (Å²) >= 11 is 6.16. The molecule has 0 aromatic heterocycles. The van der Waals surface area contributed by atoms with E-state index in [1.54, 1.807) is 0 Å². The minimum atomic E-state index is -0.459. The van der Waals surface area contributed by atoms with Crippen molar-refractivity contribution in [2.45, 2.75) is 32.8 Å². The molecular formula is C23H32ClN2O2+. The van der Waals surface area contributed by atoms with Gasteiger partial charge in [0.05, 0.1) is 26.2 Å². The van der Waals surface area contributed by atoms with Crippen molar-refractivity contribution >= 4 is 17.3 Å². The van der Waals surface area contributed by atoms with Gasteiger partial charge in [-0.2, -0.15) is 0 Å².